The second kappa shape index (κ2) is 4.68. The Hall–Kier alpha value is -2.04. The van der Waals surface area contributed by atoms with Gasteiger partial charge in [-0.25, -0.2) is 4.98 Å². The van der Waals surface area contributed by atoms with Gasteiger partial charge >= 0.3 is 6.18 Å². The van der Waals surface area contributed by atoms with Gasteiger partial charge < -0.3 is 4.74 Å². The maximum Gasteiger partial charge on any atom is 0.417 e. The summed E-state index contributed by atoms with van der Waals surface area (Å²) >= 11 is 0. The van der Waals surface area contributed by atoms with Crippen LogP contribution in [0.1, 0.15) is 5.56 Å². The largest absolute Gasteiger partial charge is 0.481 e. The maximum atomic E-state index is 12.6. The van der Waals surface area contributed by atoms with Crippen LogP contribution in [0, 0.1) is 0 Å². The molecule has 2 rings (SSSR count). The quantitative estimate of drug-likeness (QED) is 0.812. The molecule has 1 heterocycles. The van der Waals surface area contributed by atoms with E-state index < -0.39 is 11.7 Å². The van der Waals surface area contributed by atoms with Crippen LogP contribution in [-0.2, 0) is 6.18 Å². The average molecular weight is 253 g/mol. The van der Waals surface area contributed by atoms with Crippen LogP contribution < -0.4 is 4.74 Å². The number of rotatable bonds is 2. The highest BCUT2D eigenvalue weighted by Gasteiger charge is 2.32. The van der Waals surface area contributed by atoms with Crippen LogP contribution in [0.15, 0.2) is 42.6 Å². The highest BCUT2D eigenvalue weighted by molar-refractivity contribution is 5.69. The van der Waals surface area contributed by atoms with Crippen molar-refractivity contribution < 1.29 is 17.9 Å². The Balaban J connectivity index is 2.57. The number of hydrogen-bond donors (Lipinski definition) is 0. The molecule has 0 saturated heterocycles. The molecule has 0 saturated carbocycles. The molecule has 2 aromatic rings. The minimum atomic E-state index is -4.41. The highest BCUT2D eigenvalue weighted by atomic mass is 19.4. The van der Waals surface area contributed by atoms with Gasteiger partial charge in [0.1, 0.15) is 0 Å². The van der Waals surface area contributed by atoms with Crippen LogP contribution in [0.25, 0.3) is 11.1 Å². The number of aromatic nitrogens is 1. The molecule has 0 aliphatic rings. The smallest absolute Gasteiger partial charge is 0.417 e. The van der Waals surface area contributed by atoms with Crippen LogP contribution in [-0.4, -0.2) is 12.1 Å². The van der Waals surface area contributed by atoms with Crippen LogP contribution in [0.4, 0.5) is 13.2 Å². The van der Waals surface area contributed by atoms with Gasteiger partial charge in [0.2, 0.25) is 5.88 Å². The molecule has 1 aromatic heterocycles. The first-order chi connectivity index (χ1) is 8.52. The molecule has 0 radical (unpaired) electrons. The van der Waals surface area contributed by atoms with Crippen molar-refractivity contribution in [1.82, 2.24) is 4.98 Å². The molecular formula is C13H10F3NO. The Morgan fingerprint density at radius 3 is 2.33 bits per heavy atom. The van der Waals surface area contributed by atoms with Crippen molar-refractivity contribution in [3.05, 3.63) is 48.2 Å². The minimum absolute atomic E-state index is 0.175. The number of halogens is 3. The van der Waals surface area contributed by atoms with Gasteiger partial charge in [-0.2, -0.15) is 13.2 Å². The van der Waals surface area contributed by atoms with Gasteiger partial charge in [0, 0.05) is 11.8 Å². The Bertz CT molecular complexity index is 538. The first-order valence-electron chi connectivity index (χ1n) is 5.19. The summed E-state index contributed by atoms with van der Waals surface area (Å²) in [5, 5.41) is 0. The van der Waals surface area contributed by atoms with Crippen molar-refractivity contribution in [2.75, 3.05) is 7.11 Å². The molecular weight excluding hydrogens is 243 g/mol. The first-order valence-corrected chi connectivity index (χ1v) is 5.19. The van der Waals surface area contributed by atoms with Crippen LogP contribution >= 0.6 is 0 Å². The van der Waals surface area contributed by atoms with E-state index >= 15 is 0 Å². The number of methoxy groups -OCH3 is 1. The third-order valence-corrected chi connectivity index (χ3v) is 2.46. The standard InChI is InChI=1S/C13H10F3NO/c1-18-12-11(9-5-3-2-4-6-9)7-10(8-17-12)13(14,15)16/h2-8H,1H3. The summed E-state index contributed by atoms with van der Waals surface area (Å²) in [6, 6.07) is 9.74. The van der Waals surface area contributed by atoms with Crippen molar-refractivity contribution >= 4 is 0 Å². The van der Waals surface area contributed by atoms with Crippen molar-refractivity contribution in [2.24, 2.45) is 0 Å². The number of nitrogens with zero attached hydrogens (tertiary/aromatic N) is 1. The summed E-state index contributed by atoms with van der Waals surface area (Å²) in [4.78, 5) is 3.70. The molecule has 0 bridgehead atoms. The molecule has 0 spiro atoms. The molecule has 18 heavy (non-hydrogen) atoms. The summed E-state index contributed by atoms with van der Waals surface area (Å²) in [5.41, 5.74) is 0.169. The third kappa shape index (κ3) is 2.45. The predicted octanol–water partition coefficient (Wildman–Crippen LogP) is 3.78. The lowest BCUT2D eigenvalue weighted by atomic mass is 10.1. The monoisotopic (exact) mass is 253 g/mol. The minimum Gasteiger partial charge on any atom is -0.481 e. The second-order valence-electron chi connectivity index (χ2n) is 3.64. The lowest BCUT2D eigenvalue weighted by molar-refractivity contribution is -0.137. The fourth-order valence-electron chi connectivity index (χ4n) is 1.59. The lowest BCUT2D eigenvalue weighted by Crippen LogP contribution is -2.06. The molecule has 2 nitrogen and oxygen atoms in total. The fourth-order valence-corrected chi connectivity index (χ4v) is 1.59. The fraction of sp³-hybridized carbons (Fsp3) is 0.154. The van der Waals surface area contributed by atoms with Crippen LogP contribution in [0.5, 0.6) is 5.88 Å². The Kier molecular flexibility index (Phi) is 3.23. The molecule has 0 N–H and O–H groups in total. The van der Waals surface area contributed by atoms with E-state index in [1.54, 1.807) is 30.3 Å². The number of hydrogen-bond acceptors (Lipinski definition) is 2. The van der Waals surface area contributed by atoms with E-state index in [4.69, 9.17) is 4.74 Å². The van der Waals surface area contributed by atoms with Gasteiger partial charge in [0.15, 0.2) is 0 Å². The molecule has 94 valence electrons. The number of ether oxygens (including phenoxy) is 1. The zero-order valence-electron chi connectivity index (χ0n) is 9.53. The highest BCUT2D eigenvalue weighted by Crippen LogP contribution is 2.35. The molecule has 0 amide bonds. The van der Waals surface area contributed by atoms with Crippen LogP contribution in [0.2, 0.25) is 0 Å². The maximum absolute atomic E-state index is 12.6. The summed E-state index contributed by atoms with van der Waals surface area (Å²) in [6.45, 7) is 0. The SMILES string of the molecule is COc1ncc(C(F)(F)F)cc1-c1ccccc1. The topological polar surface area (TPSA) is 22.1 Å². The molecule has 0 unspecified atom stereocenters. The first kappa shape index (κ1) is 12.4. The zero-order chi connectivity index (χ0) is 13.2. The third-order valence-electron chi connectivity index (χ3n) is 2.46. The summed E-state index contributed by atoms with van der Waals surface area (Å²) < 4.78 is 42.9. The number of alkyl halides is 3. The van der Waals surface area contributed by atoms with Gasteiger partial charge in [-0.15, -0.1) is 0 Å². The van der Waals surface area contributed by atoms with Gasteiger partial charge in [-0.05, 0) is 11.6 Å². The Morgan fingerprint density at radius 2 is 1.78 bits per heavy atom. The van der Waals surface area contributed by atoms with Crippen molar-refractivity contribution in [3.8, 4) is 17.0 Å². The predicted molar refractivity (Wildman–Crippen MR) is 61.2 cm³/mol. The molecule has 0 aliphatic carbocycles. The van der Waals surface area contributed by atoms with Crippen LogP contribution in [0.3, 0.4) is 0 Å². The molecule has 0 atom stereocenters. The summed E-state index contributed by atoms with van der Waals surface area (Å²) in [6.07, 6.45) is -3.64. The van der Waals surface area contributed by atoms with Gasteiger partial charge in [-0.3, -0.25) is 0 Å². The normalized spacial score (nSPS) is 11.3. The molecule has 0 fully saturated rings. The summed E-state index contributed by atoms with van der Waals surface area (Å²) in [7, 11) is 1.38. The summed E-state index contributed by atoms with van der Waals surface area (Å²) in [5.74, 6) is 0.175. The lowest BCUT2D eigenvalue weighted by Gasteiger charge is -2.11. The average Bonchev–Trinajstić information content (AvgIpc) is 2.38. The number of benzene rings is 1. The van der Waals surface area contributed by atoms with E-state index in [1.807, 2.05) is 0 Å². The molecule has 0 aliphatic heterocycles. The zero-order valence-corrected chi connectivity index (χ0v) is 9.53. The van der Waals surface area contributed by atoms with Gasteiger partial charge in [-0.1, -0.05) is 30.3 Å². The van der Waals surface area contributed by atoms with E-state index in [2.05, 4.69) is 4.98 Å². The van der Waals surface area contributed by atoms with E-state index in [0.717, 1.165) is 12.3 Å². The van der Waals surface area contributed by atoms with Crippen molar-refractivity contribution in [3.63, 3.8) is 0 Å². The Morgan fingerprint density at radius 1 is 1.11 bits per heavy atom. The second-order valence-corrected chi connectivity index (χ2v) is 3.64. The molecule has 5 heteroatoms. The van der Waals surface area contributed by atoms with E-state index in [9.17, 15) is 13.2 Å². The molecule has 1 aromatic carbocycles. The number of pyridine rings is 1. The van der Waals surface area contributed by atoms with Gasteiger partial charge in [0.25, 0.3) is 0 Å². The van der Waals surface area contributed by atoms with E-state index in [0.29, 0.717) is 11.1 Å². The van der Waals surface area contributed by atoms with Crippen molar-refractivity contribution in [1.29, 1.82) is 0 Å². The van der Waals surface area contributed by atoms with E-state index in [1.165, 1.54) is 7.11 Å². The van der Waals surface area contributed by atoms with E-state index in [-0.39, 0.29) is 5.88 Å². The van der Waals surface area contributed by atoms with Crippen molar-refractivity contribution in [2.45, 2.75) is 6.18 Å². The van der Waals surface area contributed by atoms with Gasteiger partial charge in [0.05, 0.1) is 12.7 Å². The Labute approximate surface area is 102 Å².